The Labute approximate surface area is 405 Å². The Bertz CT molecular complexity index is 1980. The molecule has 1 aliphatic heterocycles. The van der Waals surface area contributed by atoms with Crippen LogP contribution in [0.25, 0.3) is 0 Å². The number of rotatable bonds is 10. The zero-order valence-electron chi connectivity index (χ0n) is 33.4. The van der Waals surface area contributed by atoms with Crippen molar-refractivity contribution >= 4 is 141 Å². The maximum absolute atomic E-state index is 16.2. The number of carbonyl (C=O) groups is 6. The molecule has 0 radical (unpaired) electrons. The fraction of sp³-hybridized carbons (Fsp3) is 0.632. The van der Waals surface area contributed by atoms with E-state index >= 15 is 4.79 Å². The fourth-order valence-electron chi connectivity index (χ4n) is 8.89. The quantitative estimate of drug-likeness (QED) is 0.101. The summed E-state index contributed by atoms with van der Waals surface area (Å²) in [6, 6.07) is 7.53. The number of ketones is 1. The molecule has 1 saturated heterocycles. The van der Waals surface area contributed by atoms with E-state index in [2.05, 4.69) is 0 Å². The molecule has 0 aromatic heterocycles. The molecule has 63 heavy (non-hydrogen) atoms. The minimum atomic E-state index is -2.76. The zero-order chi connectivity index (χ0) is 47.1. The van der Waals surface area contributed by atoms with Crippen LogP contribution < -0.4 is 0 Å². The second-order valence-electron chi connectivity index (χ2n) is 15.8. The summed E-state index contributed by atoms with van der Waals surface area (Å²) >= 11 is 52.5. The first-order valence-electron chi connectivity index (χ1n) is 18.7. The lowest BCUT2D eigenvalue weighted by molar-refractivity contribution is -0.350. The lowest BCUT2D eigenvalue weighted by atomic mass is 9.44. The van der Waals surface area contributed by atoms with Crippen LogP contribution in [0.5, 0.6) is 0 Å². The molecule has 16 nitrogen and oxygen atoms in total. The molecule has 0 amide bonds. The SMILES string of the molecule is CC(=O)O[C@@]12CO[C@@H]1C[C@H](OC(=O)OCC(Cl)(Cl)Cl)[C@@]1(COC(=O)OCC(Cl)(Cl)Cl)C(=O)[C@H](OC(=O)OCC(Cl)(Cl)Cl)C3=C(C)CC[C@@](O)(C(OC(=O)c4ccccc4)[C@H]21)C3(C)C. The number of hydrogen-bond acceptors (Lipinski definition) is 16. The van der Waals surface area contributed by atoms with Crippen LogP contribution in [-0.2, 0) is 52.2 Å². The number of benzene rings is 1. The van der Waals surface area contributed by atoms with Crippen LogP contribution in [0.15, 0.2) is 41.5 Å². The topological polar surface area (TPSA) is 206 Å². The predicted octanol–water partition coefficient (Wildman–Crippen LogP) is 8.68. The highest BCUT2D eigenvalue weighted by atomic mass is 35.6. The van der Waals surface area contributed by atoms with Gasteiger partial charge in [-0.05, 0) is 37.5 Å². The molecule has 1 heterocycles. The van der Waals surface area contributed by atoms with Crippen molar-refractivity contribution in [2.24, 2.45) is 16.7 Å². The van der Waals surface area contributed by atoms with Crippen LogP contribution in [0.3, 0.4) is 0 Å². The molecule has 1 unspecified atom stereocenters. The van der Waals surface area contributed by atoms with Crippen LogP contribution in [0.1, 0.15) is 57.3 Å². The number of hydrogen-bond donors (Lipinski definition) is 1. The van der Waals surface area contributed by atoms with Gasteiger partial charge in [0.05, 0.1) is 18.1 Å². The third-order valence-corrected chi connectivity index (χ3v) is 12.5. The number of esters is 2. The molecule has 8 atom stereocenters. The number of Topliss-reactive ketones (excluding diaryl/α,β-unsaturated/α-hetero) is 1. The summed E-state index contributed by atoms with van der Waals surface area (Å²) < 4.78 is 44.4. The summed E-state index contributed by atoms with van der Waals surface area (Å²) in [5.41, 5.74) is -8.58. The molecule has 1 aromatic rings. The standard InChI is InChI=1S/C38H39Cl9O16/c1-18-10-11-35(54)27(62-28(50)20-8-6-5-7-9-20)25-33(13-56-29(51)57-15-36(39,40)41,26(49)24(23(18)32(35,3)4)61-31(53)59-17-38(45,46)47)21(60-30(52)58-16-37(42,43)44)12-22-34(25,14-55-22)63-19(2)48/h5-9,21-22,24-25,27,54H,10-17H2,1-4H3/t21-,22+,24+,25-,27?,33+,34-,35+/m0/s1. The second-order valence-corrected chi connectivity index (χ2v) is 23.3. The van der Waals surface area contributed by atoms with Gasteiger partial charge in [0.25, 0.3) is 0 Å². The summed E-state index contributed by atoms with van der Waals surface area (Å²) in [6.07, 6.45) is -12.9. The Balaban J connectivity index is 1.87. The van der Waals surface area contributed by atoms with Crippen molar-refractivity contribution in [3.63, 3.8) is 0 Å². The summed E-state index contributed by atoms with van der Waals surface area (Å²) in [5, 5.41) is 13.5. The minimum absolute atomic E-state index is 0.00561. The Morgan fingerprint density at radius 1 is 0.794 bits per heavy atom. The molecule has 1 N–H and O–H groups in total. The monoisotopic (exact) mass is 1070 g/mol. The van der Waals surface area contributed by atoms with E-state index in [4.69, 9.17) is 147 Å². The van der Waals surface area contributed by atoms with Gasteiger partial charge < -0.3 is 47.7 Å². The third-order valence-electron chi connectivity index (χ3n) is 11.5. The van der Waals surface area contributed by atoms with Gasteiger partial charge in [-0.15, -0.1) is 0 Å². The molecule has 3 aliphatic carbocycles. The average molecular weight is 1070 g/mol. The van der Waals surface area contributed by atoms with E-state index < -0.39 is 139 Å². The van der Waals surface area contributed by atoms with Gasteiger partial charge in [-0.25, -0.2) is 19.2 Å². The van der Waals surface area contributed by atoms with E-state index in [0.717, 1.165) is 6.92 Å². The van der Waals surface area contributed by atoms with E-state index in [1.54, 1.807) is 13.0 Å². The van der Waals surface area contributed by atoms with Crippen molar-refractivity contribution in [1.29, 1.82) is 0 Å². The van der Waals surface area contributed by atoms with Crippen molar-refractivity contribution < 1.29 is 76.5 Å². The maximum Gasteiger partial charge on any atom is 0.509 e. The summed E-state index contributed by atoms with van der Waals surface area (Å²) in [7, 11) is 0. The molecule has 2 saturated carbocycles. The zero-order valence-corrected chi connectivity index (χ0v) is 40.2. The number of halogens is 9. The van der Waals surface area contributed by atoms with Crippen molar-refractivity contribution in [1.82, 2.24) is 0 Å². The Morgan fingerprint density at radius 2 is 1.33 bits per heavy atom. The van der Waals surface area contributed by atoms with Gasteiger partial charge >= 0.3 is 30.4 Å². The molecule has 3 fully saturated rings. The van der Waals surface area contributed by atoms with Gasteiger partial charge in [-0.1, -0.05) is 142 Å². The highest BCUT2D eigenvalue weighted by Crippen LogP contribution is 2.65. The van der Waals surface area contributed by atoms with E-state index in [9.17, 15) is 29.1 Å². The van der Waals surface area contributed by atoms with Crippen molar-refractivity contribution in [2.75, 3.05) is 33.0 Å². The first kappa shape index (κ1) is 51.9. The Kier molecular flexibility index (Phi) is 15.9. The van der Waals surface area contributed by atoms with E-state index in [-0.39, 0.29) is 24.0 Å². The summed E-state index contributed by atoms with van der Waals surface area (Å²) in [5.74, 6) is -5.18. The minimum Gasteiger partial charge on any atom is -0.455 e. The van der Waals surface area contributed by atoms with Crippen LogP contribution in [0, 0.1) is 16.7 Å². The smallest absolute Gasteiger partial charge is 0.455 e. The van der Waals surface area contributed by atoms with Gasteiger partial charge in [0.15, 0.2) is 17.5 Å². The molecule has 0 spiro atoms. The van der Waals surface area contributed by atoms with Crippen LogP contribution in [0.4, 0.5) is 14.4 Å². The predicted molar refractivity (Wildman–Crippen MR) is 227 cm³/mol. The summed E-state index contributed by atoms with van der Waals surface area (Å²) in [6.45, 7) is 1.21. The highest BCUT2D eigenvalue weighted by Gasteiger charge is 2.80. The molecule has 350 valence electrons. The number of fused-ring (bicyclic) bond motifs is 5. The van der Waals surface area contributed by atoms with Crippen LogP contribution in [0.2, 0.25) is 0 Å². The molecular weight excluding hydrogens is 1030 g/mol. The van der Waals surface area contributed by atoms with E-state index in [1.807, 2.05) is 0 Å². The first-order valence-corrected chi connectivity index (χ1v) is 22.1. The first-order chi connectivity index (χ1) is 29.0. The molecule has 1 aromatic carbocycles. The molecule has 25 heteroatoms. The normalized spacial score (nSPS) is 30.1. The summed E-state index contributed by atoms with van der Waals surface area (Å²) in [4.78, 5) is 84.5. The van der Waals surface area contributed by atoms with E-state index in [1.165, 1.54) is 38.1 Å². The van der Waals surface area contributed by atoms with E-state index in [0.29, 0.717) is 5.57 Å². The van der Waals surface area contributed by atoms with Crippen molar-refractivity contribution in [2.45, 2.75) is 94.0 Å². The number of alkyl halides is 9. The fourth-order valence-corrected chi connectivity index (χ4v) is 9.38. The highest BCUT2D eigenvalue weighted by molar-refractivity contribution is 6.68. The lowest BCUT2D eigenvalue weighted by Gasteiger charge is -2.67. The van der Waals surface area contributed by atoms with Gasteiger partial charge in [-0.3, -0.25) is 9.59 Å². The second kappa shape index (κ2) is 19.3. The Morgan fingerprint density at radius 3 is 1.84 bits per heavy atom. The molecule has 5 rings (SSSR count). The molecular formula is C38H39Cl9O16. The largest absolute Gasteiger partial charge is 0.509 e. The van der Waals surface area contributed by atoms with Gasteiger partial charge in [0.2, 0.25) is 11.4 Å². The van der Waals surface area contributed by atoms with Gasteiger partial charge in [0.1, 0.15) is 55.8 Å². The van der Waals surface area contributed by atoms with Gasteiger partial charge in [0, 0.05) is 18.8 Å². The lowest BCUT2D eigenvalue weighted by Crippen LogP contribution is -2.83. The number of aliphatic hydroxyl groups is 1. The maximum atomic E-state index is 16.2. The molecule has 2 bridgehead atoms. The van der Waals surface area contributed by atoms with Crippen molar-refractivity contribution in [3.05, 3.63) is 47.0 Å². The van der Waals surface area contributed by atoms with Crippen LogP contribution in [-0.4, -0.2) is 121 Å². The average Bonchev–Trinajstić information content (AvgIpc) is 3.16. The van der Waals surface area contributed by atoms with Gasteiger partial charge in [-0.2, -0.15) is 0 Å². The Hall–Kier alpha value is -2.09. The van der Waals surface area contributed by atoms with Crippen LogP contribution >= 0.6 is 104 Å². The third kappa shape index (κ3) is 11.2. The number of allylic oxidation sites excluding steroid dienone is 1. The number of carbonyl (C=O) groups excluding carboxylic acids is 6. The number of ether oxygens (including phenoxy) is 9. The molecule has 4 aliphatic rings. The van der Waals surface area contributed by atoms with Crippen molar-refractivity contribution in [3.8, 4) is 0 Å².